The first kappa shape index (κ1) is 13.0. The van der Waals surface area contributed by atoms with Gasteiger partial charge in [0.05, 0.1) is 17.4 Å². The minimum Gasteiger partial charge on any atom is -0.398 e. The van der Waals surface area contributed by atoms with Gasteiger partial charge in [-0.05, 0) is 6.07 Å². The van der Waals surface area contributed by atoms with Gasteiger partial charge < -0.3 is 5.73 Å². The summed E-state index contributed by atoms with van der Waals surface area (Å²) in [6, 6.07) is 6.74. The first-order valence-electron chi connectivity index (χ1n) is 5.29. The number of anilines is 1. The zero-order valence-electron chi connectivity index (χ0n) is 9.65. The van der Waals surface area contributed by atoms with Crippen molar-refractivity contribution in [3.63, 3.8) is 0 Å². The number of aromatic nitrogens is 2. The number of alkyl halides is 3. The van der Waals surface area contributed by atoms with E-state index in [2.05, 4.69) is 5.10 Å². The van der Waals surface area contributed by atoms with Gasteiger partial charge in [0.1, 0.15) is 12.6 Å². The number of hydrogen-bond acceptors (Lipinski definition) is 3. The van der Waals surface area contributed by atoms with E-state index in [9.17, 15) is 13.2 Å². The maximum atomic E-state index is 12.2. The van der Waals surface area contributed by atoms with Gasteiger partial charge in [-0.1, -0.05) is 12.1 Å². The number of halogens is 3. The number of hydrogen-bond donors (Lipinski definition) is 1. The Morgan fingerprint density at radius 3 is 2.74 bits per heavy atom. The predicted molar refractivity (Wildman–Crippen MR) is 62.8 cm³/mol. The number of nitrogens with zero attached hydrogens (tertiary/aromatic N) is 3. The summed E-state index contributed by atoms with van der Waals surface area (Å²) in [5.74, 6) is 0. The molecule has 1 heterocycles. The Kier molecular flexibility index (Phi) is 3.17. The zero-order valence-corrected chi connectivity index (χ0v) is 9.65. The molecule has 1 aromatic heterocycles. The standard InChI is InChI=1S/C12H9F3N4/c13-12(14,15)7-19-6-8(5-18-19)9-2-1-3-11(17)10(9)4-16/h1-3,5-6H,7,17H2. The molecule has 2 aromatic rings. The van der Waals surface area contributed by atoms with Crippen LogP contribution in [-0.2, 0) is 6.54 Å². The van der Waals surface area contributed by atoms with E-state index < -0.39 is 12.7 Å². The number of nitriles is 1. The molecule has 2 N–H and O–H groups in total. The molecule has 0 saturated heterocycles. The first-order valence-corrected chi connectivity index (χ1v) is 5.29. The molecular weight excluding hydrogens is 257 g/mol. The van der Waals surface area contributed by atoms with Crippen LogP contribution < -0.4 is 5.73 Å². The summed E-state index contributed by atoms with van der Waals surface area (Å²) < 4.78 is 37.5. The topological polar surface area (TPSA) is 67.6 Å². The third kappa shape index (κ3) is 2.85. The number of nitrogens with two attached hydrogens (primary N) is 1. The highest BCUT2D eigenvalue weighted by Gasteiger charge is 2.28. The lowest BCUT2D eigenvalue weighted by molar-refractivity contribution is -0.142. The Labute approximate surface area is 106 Å². The molecule has 4 nitrogen and oxygen atoms in total. The van der Waals surface area contributed by atoms with Crippen LogP contribution in [0.5, 0.6) is 0 Å². The van der Waals surface area contributed by atoms with Crippen molar-refractivity contribution >= 4 is 5.69 Å². The Bertz CT molecular complexity index is 637. The zero-order chi connectivity index (χ0) is 14.0. The molecular formula is C12H9F3N4. The van der Waals surface area contributed by atoms with Crippen LogP contribution >= 0.6 is 0 Å². The predicted octanol–water partition coefficient (Wildman–Crippen LogP) is 2.57. The van der Waals surface area contributed by atoms with Crippen LogP contribution in [0, 0.1) is 11.3 Å². The number of nitrogen functional groups attached to an aromatic ring is 1. The Morgan fingerprint density at radius 1 is 1.37 bits per heavy atom. The molecule has 98 valence electrons. The van der Waals surface area contributed by atoms with Gasteiger partial charge in [0, 0.05) is 17.3 Å². The lowest BCUT2D eigenvalue weighted by atomic mass is 10.0. The Morgan fingerprint density at radius 2 is 2.11 bits per heavy atom. The van der Waals surface area contributed by atoms with Gasteiger partial charge in [-0.3, -0.25) is 4.68 Å². The summed E-state index contributed by atoms with van der Waals surface area (Å²) in [6.07, 6.45) is -1.82. The lowest BCUT2D eigenvalue weighted by Gasteiger charge is -2.06. The van der Waals surface area contributed by atoms with E-state index in [1.54, 1.807) is 18.2 Å². The van der Waals surface area contributed by atoms with E-state index in [1.807, 2.05) is 6.07 Å². The van der Waals surface area contributed by atoms with Gasteiger partial charge in [0.25, 0.3) is 0 Å². The van der Waals surface area contributed by atoms with Crippen LogP contribution in [0.4, 0.5) is 18.9 Å². The fourth-order valence-electron chi connectivity index (χ4n) is 1.71. The van der Waals surface area contributed by atoms with E-state index in [1.165, 1.54) is 12.4 Å². The quantitative estimate of drug-likeness (QED) is 0.849. The summed E-state index contributed by atoms with van der Waals surface area (Å²) in [5, 5.41) is 12.6. The first-order chi connectivity index (χ1) is 8.90. The van der Waals surface area contributed by atoms with E-state index in [0.29, 0.717) is 11.1 Å². The van der Waals surface area contributed by atoms with Crippen LogP contribution in [0.3, 0.4) is 0 Å². The lowest BCUT2D eigenvalue weighted by Crippen LogP contribution is -2.17. The molecule has 19 heavy (non-hydrogen) atoms. The molecule has 0 atom stereocenters. The van der Waals surface area contributed by atoms with Crippen molar-refractivity contribution in [2.75, 3.05) is 5.73 Å². The van der Waals surface area contributed by atoms with E-state index >= 15 is 0 Å². The molecule has 7 heteroatoms. The Hall–Kier alpha value is -2.49. The van der Waals surface area contributed by atoms with E-state index in [4.69, 9.17) is 11.0 Å². The highest BCUT2D eigenvalue weighted by molar-refractivity contribution is 5.76. The molecule has 0 bridgehead atoms. The van der Waals surface area contributed by atoms with Gasteiger partial charge in [0.2, 0.25) is 0 Å². The monoisotopic (exact) mass is 266 g/mol. The highest BCUT2D eigenvalue weighted by Crippen LogP contribution is 2.27. The molecule has 0 aliphatic rings. The van der Waals surface area contributed by atoms with Gasteiger partial charge >= 0.3 is 6.18 Å². The summed E-state index contributed by atoms with van der Waals surface area (Å²) in [7, 11) is 0. The van der Waals surface area contributed by atoms with Crippen molar-refractivity contribution in [1.82, 2.24) is 9.78 Å². The van der Waals surface area contributed by atoms with Gasteiger partial charge in [-0.15, -0.1) is 0 Å². The highest BCUT2D eigenvalue weighted by atomic mass is 19.4. The van der Waals surface area contributed by atoms with Crippen molar-refractivity contribution in [1.29, 1.82) is 5.26 Å². The largest absolute Gasteiger partial charge is 0.408 e. The summed E-state index contributed by atoms with van der Waals surface area (Å²) in [5.41, 5.74) is 7.05. The fraction of sp³-hybridized carbons (Fsp3) is 0.167. The summed E-state index contributed by atoms with van der Waals surface area (Å²) in [4.78, 5) is 0. The maximum absolute atomic E-state index is 12.2. The van der Waals surface area contributed by atoms with Crippen molar-refractivity contribution in [3.8, 4) is 17.2 Å². The molecule has 0 radical (unpaired) electrons. The molecule has 0 amide bonds. The molecule has 1 aromatic carbocycles. The average Bonchev–Trinajstić information content (AvgIpc) is 2.74. The molecule has 0 fully saturated rings. The fourth-order valence-corrected chi connectivity index (χ4v) is 1.71. The second-order valence-electron chi connectivity index (χ2n) is 3.92. The normalized spacial score (nSPS) is 11.3. The van der Waals surface area contributed by atoms with Crippen LogP contribution in [0.25, 0.3) is 11.1 Å². The minimum absolute atomic E-state index is 0.231. The van der Waals surface area contributed by atoms with Gasteiger partial charge in [-0.25, -0.2) is 0 Å². The van der Waals surface area contributed by atoms with Gasteiger partial charge in [-0.2, -0.15) is 23.5 Å². The van der Waals surface area contributed by atoms with E-state index in [-0.39, 0.29) is 11.3 Å². The number of rotatable bonds is 2. The molecule has 0 spiro atoms. The molecule has 0 saturated carbocycles. The minimum atomic E-state index is -4.34. The third-order valence-corrected chi connectivity index (χ3v) is 2.49. The second kappa shape index (κ2) is 4.65. The smallest absolute Gasteiger partial charge is 0.398 e. The molecule has 0 aliphatic heterocycles. The SMILES string of the molecule is N#Cc1c(N)cccc1-c1cnn(CC(F)(F)F)c1. The van der Waals surface area contributed by atoms with Crippen molar-refractivity contribution in [2.45, 2.75) is 12.7 Å². The van der Waals surface area contributed by atoms with Crippen molar-refractivity contribution < 1.29 is 13.2 Å². The van der Waals surface area contributed by atoms with Gasteiger partial charge in [0.15, 0.2) is 0 Å². The van der Waals surface area contributed by atoms with Crippen LogP contribution in [0.2, 0.25) is 0 Å². The van der Waals surface area contributed by atoms with Crippen molar-refractivity contribution in [3.05, 3.63) is 36.2 Å². The Balaban J connectivity index is 2.39. The second-order valence-corrected chi connectivity index (χ2v) is 3.92. The number of benzene rings is 1. The maximum Gasteiger partial charge on any atom is 0.408 e. The van der Waals surface area contributed by atoms with Crippen LogP contribution in [0.1, 0.15) is 5.56 Å². The summed E-state index contributed by atoms with van der Waals surface area (Å²) in [6.45, 7) is -1.17. The van der Waals surface area contributed by atoms with E-state index in [0.717, 1.165) is 4.68 Å². The third-order valence-electron chi connectivity index (χ3n) is 2.49. The molecule has 0 unspecified atom stereocenters. The van der Waals surface area contributed by atoms with Crippen LogP contribution in [0.15, 0.2) is 30.6 Å². The van der Waals surface area contributed by atoms with Crippen molar-refractivity contribution in [2.24, 2.45) is 0 Å². The molecule has 2 rings (SSSR count). The molecule has 0 aliphatic carbocycles. The summed E-state index contributed by atoms with van der Waals surface area (Å²) >= 11 is 0. The average molecular weight is 266 g/mol. The van der Waals surface area contributed by atoms with Crippen LogP contribution in [-0.4, -0.2) is 16.0 Å².